The SMILES string of the molecule is O=C(/C=C/N1C=CC(=Cc2ccc([N+](=O)[O-])cc2)C=C1)C1C=CC(F)=CC1. The maximum Gasteiger partial charge on any atom is 0.269 e. The van der Waals surface area contributed by atoms with E-state index in [1.54, 1.807) is 41.7 Å². The maximum atomic E-state index is 12.9. The van der Waals surface area contributed by atoms with E-state index in [0.29, 0.717) is 6.42 Å². The van der Waals surface area contributed by atoms with Crippen LogP contribution in [0.25, 0.3) is 6.08 Å². The Kier molecular flexibility index (Phi) is 5.56. The second kappa shape index (κ2) is 8.23. The number of rotatable bonds is 5. The number of carbonyl (C=O) groups excluding carboxylic acids is 1. The van der Waals surface area contributed by atoms with Crippen LogP contribution in [0, 0.1) is 16.0 Å². The van der Waals surface area contributed by atoms with Gasteiger partial charge >= 0.3 is 0 Å². The van der Waals surface area contributed by atoms with Crippen LogP contribution < -0.4 is 0 Å². The third-order valence-electron chi connectivity index (χ3n) is 4.15. The third kappa shape index (κ3) is 4.98. The first-order valence-corrected chi connectivity index (χ1v) is 8.37. The first kappa shape index (κ1) is 18.3. The highest BCUT2D eigenvalue weighted by molar-refractivity contribution is 5.93. The molecule has 1 heterocycles. The molecule has 0 saturated carbocycles. The van der Waals surface area contributed by atoms with E-state index in [-0.39, 0.29) is 23.2 Å². The number of nitro groups is 1. The molecule has 0 N–H and O–H groups in total. The summed E-state index contributed by atoms with van der Waals surface area (Å²) in [5.41, 5.74) is 1.84. The van der Waals surface area contributed by atoms with Crippen molar-refractivity contribution in [3.05, 3.63) is 106 Å². The number of hydrogen-bond acceptors (Lipinski definition) is 4. The molecule has 3 rings (SSSR count). The summed E-state index contributed by atoms with van der Waals surface area (Å²) >= 11 is 0. The maximum absolute atomic E-state index is 12.9. The van der Waals surface area contributed by atoms with Crippen LogP contribution in [0.15, 0.2) is 90.7 Å². The molecule has 1 unspecified atom stereocenters. The van der Waals surface area contributed by atoms with Gasteiger partial charge in [-0.2, -0.15) is 0 Å². The minimum atomic E-state index is -0.432. The van der Waals surface area contributed by atoms with Crippen molar-refractivity contribution in [3.63, 3.8) is 0 Å². The van der Waals surface area contributed by atoms with Gasteiger partial charge in [-0.05, 0) is 66.1 Å². The van der Waals surface area contributed by atoms with Gasteiger partial charge in [-0.1, -0.05) is 6.08 Å². The van der Waals surface area contributed by atoms with Gasteiger partial charge in [0.25, 0.3) is 5.69 Å². The van der Waals surface area contributed by atoms with Crippen LogP contribution in [-0.2, 0) is 4.79 Å². The Morgan fingerprint density at radius 1 is 1.19 bits per heavy atom. The zero-order valence-electron chi connectivity index (χ0n) is 14.4. The number of nitro benzene ring substituents is 1. The summed E-state index contributed by atoms with van der Waals surface area (Å²) < 4.78 is 12.9. The van der Waals surface area contributed by atoms with E-state index in [1.165, 1.54) is 30.4 Å². The van der Waals surface area contributed by atoms with Gasteiger partial charge < -0.3 is 4.90 Å². The molecule has 2 aliphatic rings. The lowest BCUT2D eigenvalue weighted by Crippen LogP contribution is -2.12. The van der Waals surface area contributed by atoms with Gasteiger partial charge in [0.2, 0.25) is 0 Å². The van der Waals surface area contributed by atoms with Crippen LogP contribution in [-0.4, -0.2) is 15.6 Å². The molecule has 1 aromatic carbocycles. The van der Waals surface area contributed by atoms with E-state index in [1.807, 2.05) is 18.2 Å². The van der Waals surface area contributed by atoms with Crippen molar-refractivity contribution in [2.45, 2.75) is 6.42 Å². The predicted octanol–water partition coefficient (Wildman–Crippen LogP) is 4.83. The summed E-state index contributed by atoms with van der Waals surface area (Å²) in [4.78, 5) is 24.1. The van der Waals surface area contributed by atoms with Crippen LogP contribution >= 0.6 is 0 Å². The molecule has 1 aliphatic carbocycles. The van der Waals surface area contributed by atoms with Crippen molar-refractivity contribution in [3.8, 4) is 0 Å². The Bertz CT molecular complexity index is 905. The van der Waals surface area contributed by atoms with Crippen LogP contribution in [0.3, 0.4) is 0 Å². The summed E-state index contributed by atoms with van der Waals surface area (Å²) in [6, 6.07) is 6.30. The molecule has 1 aromatic rings. The number of ketones is 1. The highest BCUT2D eigenvalue weighted by atomic mass is 19.1. The van der Waals surface area contributed by atoms with Crippen molar-refractivity contribution < 1.29 is 14.1 Å². The third-order valence-corrected chi connectivity index (χ3v) is 4.15. The molecule has 27 heavy (non-hydrogen) atoms. The highest BCUT2D eigenvalue weighted by Crippen LogP contribution is 2.20. The summed E-state index contributed by atoms with van der Waals surface area (Å²) in [5, 5.41) is 10.7. The molecule has 1 aliphatic heterocycles. The molecule has 0 fully saturated rings. The highest BCUT2D eigenvalue weighted by Gasteiger charge is 2.15. The number of benzene rings is 1. The van der Waals surface area contributed by atoms with Gasteiger partial charge in [-0.25, -0.2) is 4.39 Å². The van der Waals surface area contributed by atoms with Crippen molar-refractivity contribution >= 4 is 17.5 Å². The molecule has 0 saturated heterocycles. The smallest absolute Gasteiger partial charge is 0.269 e. The van der Waals surface area contributed by atoms with Gasteiger partial charge in [0.1, 0.15) is 5.83 Å². The zero-order chi connectivity index (χ0) is 19.2. The Balaban J connectivity index is 1.58. The number of carbonyl (C=O) groups is 1. The Morgan fingerprint density at radius 3 is 2.48 bits per heavy atom. The van der Waals surface area contributed by atoms with Gasteiger partial charge in [-0.3, -0.25) is 14.9 Å². The van der Waals surface area contributed by atoms with Gasteiger partial charge in [0.05, 0.1) is 4.92 Å². The van der Waals surface area contributed by atoms with E-state index >= 15 is 0 Å². The summed E-state index contributed by atoms with van der Waals surface area (Å²) in [6.07, 6.45) is 17.1. The van der Waals surface area contributed by atoms with Gasteiger partial charge in [0.15, 0.2) is 5.78 Å². The minimum Gasteiger partial charge on any atom is -0.330 e. The minimum absolute atomic E-state index is 0.0545. The molecule has 1 atom stereocenters. The second-order valence-corrected chi connectivity index (χ2v) is 6.08. The molecular weight excluding hydrogens is 347 g/mol. The van der Waals surface area contributed by atoms with Crippen LogP contribution in [0.2, 0.25) is 0 Å². The molecule has 0 radical (unpaired) electrons. The summed E-state index contributed by atoms with van der Waals surface area (Å²) in [7, 11) is 0. The molecular formula is C21H17FN2O3. The average Bonchev–Trinajstić information content (AvgIpc) is 2.68. The van der Waals surface area contributed by atoms with E-state index in [9.17, 15) is 19.3 Å². The number of hydrogen-bond donors (Lipinski definition) is 0. The quantitative estimate of drug-likeness (QED) is 0.426. The largest absolute Gasteiger partial charge is 0.330 e. The molecule has 5 nitrogen and oxygen atoms in total. The fourth-order valence-corrected chi connectivity index (χ4v) is 2.62. The fourth-order valence-electron chi connectivity index (χ4n) is 2.62. The van der Waals surface area contributed by atoms with E-state index in [4.69, 9.17) is 0 Å². The first-order valence-electron chi connectivity index (χ1n) is 8.37. The lowest BCUT2D eigenvalue weighted by molar-refractivity contribution is -0.384. The van der Waals surface area contributed by atoms with Crippen molar-refractivity contribution in [2.24, 2.45) is 5.92 Å². The number of nitrogens with zero attached hydrogens (tertiary/aromatic N) is 2. The van der Waals surface area contributed by atoms with Crippen molar-refractivity contribution in [1.29, 1.82) is 0 Å². The van der Waals surface area contributed by atoms with Gasteiger partial charge in [0, 0.05) is 36.7 Å². The lowest BCUT2D eigenvalue weighted by atomic mass is 9.96. The van der Waals surface area contributed by atoms with Crippen LogP contribution in [0.1, 0.15) is 12.0 Å². The Labute approximate surface area is 155 Å². The van der Waals surface area contributed by atoms with E-state index < -0.39 is 4.92 Å². The van der Waals surface area contributed by atoms with Gasteiger partial charge in [-0.15, -0.1) is 0 Å². The van der Waals surface area contributed by atoms with Crippen molar-refractivity contribution in [2.75, 3.05) is 0 Å². The van der Waals surface area contributed by atoms with Crippen molar-refractivity contribution in [1.82, 2.24) is 4.90 Å². The van der Waals surface area contributed by atoms with E-state index in [0.717, 1.165) is 11.1 Å². The van der Waals surface area contributed by atoms with Crippen LogP contribution in [0.5, 0.6) is 0 Å². The molecule has 0 spiro atoms. The standard InChI is InChI=1S/C21H17FN2O3/c22-19-5-3-18(4-6-19)21(25)11-14-23-12-9-17(10-13-23)15-16-1-7-20(8-2-16)24(26)27/h1-3,5-15,18H,4H2/b14-11+. The first-order chi connectivity index (χ1) is 13.0. The summed E-state index contributed by atoms with van der Waals surface area (Å²) in [5.74, 6) is -0.711. The van der Waals surface area contributed by atoms with Crippen LogP contribution in [0.4, 0.5) is 10.1 Å². The average molecular weight is 364 g/mol. The lowest BCUT2D eigenvalue weighted by Gasteiger charge is -2.15. The number of allylic oxidation sites excluding steroid dienone is 8. The molecule has 0 aromatic heterocycles. The topological polar surface area (TPSA) is 63.5 Å². The predicted molar refractivity (Wildman–Crippen MR) is 102 cm³/mol. The fraction of sp³-hybridized carbons (Fsp3) is 0.0952. The molecule has 0 amide bonds. The molecule has 0 bridgehead atoms. The number of non-ortho nitro benzene ring substituents is 1. The molecule has 6 heteroatoms. The Morgan fingerprint density at radius 2 is 1.89 bits per heavy atom. The van der Waals surface area contributed by atoms with E-state index in [2.05, 4.69) is 0 Å². The monoisotopic (exact) mass is 364 g/mol. The summed E-state index contributed by atoms with van der Waals surface area (Å²) in [6.45, 7) is 0. The number of halogens is 1. The normalized spacial score (nSPS) is 18.7. The zero-order valence-corrected chi connectivity index (χ0v) is 14.4. The molecule has 136 valence electrons. The second-order valence-electron chi connectivity index (χ2n) is 6.08. The Hall–Kier alpha value is -3.54.